The van der Waals surface area contributed by atoms with Gasteiger partial charge in [-0.2, -0.15) is 0 Å². The lowest BCUT2D eigenvalue weighted by molar-refractivity contribution is 0.304. The quantitative estimate of drug-likeness (QED) is 0.655. The molecule has 3 nitrogen and oxygen atoms in total. The fourth-order valence-electron chi connectivity index (χ4n) is 1.62. The molecule has 1 atom stereocenters. The number of halogens is 1. The Hall–Kier alpha value is 0.200. The van der Waals surface area contributed by atoms with Gasteiger partial charge in [-0.25, -0.2) is 8.42 Å². The smallest absolute Gasteiger partial charge is 0.232 e. The summed E-state index contributed by atoms with van der Waals surface area (Å²) in [5.74, 6) is 0.101. The van der Waals surface area contributed by atoms with Gasteiger partial charge in [-0.15, -0.1) is 0 Å². The summed E-state index contributed by atoms with van der Waals surface area (Å²) in [6, 6.07) is 0.415. The molecule has 1 rings (SSSR count). The van der Waals surface area contributed by atoms with Gasteiger partial charge in [0.25, 0.3) is 0 Å². The Morgan fingerprint density at radius 3 is 2.67 bits per heavy atom. The van der Waals surface area contributed by atoms with Crippen molar-refractivity contribution in [2.24, 2.45) is 0 Å². The Morgan fingerprint density at radius 1 is 1.58 bits per heavy atom. The van der Waals surface area contributed by atoms with Crippen molar-refractivity contribution in [3.05, 3.63) is 0 Å². The summed E-state index contributed by atoms with van der Waals surface area (Å²) in [5, 5.41) is 0. The zero-order chi connectivity index (χ0) is 9.19. The van der Waals surface area contributed by atoms with Gasteiger partial charge in [-0.3, -0.25) is 0 Å². The average molecular weight is 212 g/mol. The van der Waals surface area contributed by atoms with Gasteiger partial charge < -0.3 is 4.90 Å². The highest BCUT2D eigenvalue weighted by molar-refractivity contribution is 8.13. The van der Waals surface area contributed by atoms with Crippen LogP contribution >= 0.6 is 10.7 Å². The minimum Gasteiger partial charge on any atom is -0.303 e. The van der Waals surface area contributed by atoms with E-state index in [1.54, 1.807) is 0 Å². The number of hydrogen-bond acceptors (Lipinski definition) is 3. The van der Waals surface area contributed by atoms with Crippen LogP contribution in [0.2, 0.25) is 0 Å². The van der Waals surface area contributed by atoms with E-state index in [-0.39, 0.29) is 5.75 Å². The molecule has 0 spiro atoms. The van der Waals surface area contributed by atoms with Crippen molar-refractivity contribution in [1.82, 2.24) is 4.90 Å². The monoisotopic (exact) mass is 211 g/mol. The summed E-state index contributed by atoms with van der Waals surface area (Å²) in [5.41, 5.74) is 0. The predicted molar refractivity (Wildman–Crippen MR) is 49.9 cm³/mol. The molecule has 0 aromatic rings. The van der Waals surface area contributed by atoms with E-state index in [4.69, 9.17) is 10.7 Å². The third-order valence-electron chi connectivity index (χ3n) is 2.37. The third kappa shape index (κ3) is 3.29. The maximum atomic E-state index is 10.6. The standard InChI is InChI=1S/C7H14ClNO2S/c1-9-5-2-3-7(9)4-6-12(8,10)11/h7H,2-6H2,1H3. The maximum absolute atomic E-state index is 10.6. The van der Waals surface area contributed by atoms with Gasteiger partial charge >= 0.3 is 0 Å². The molecule has 12 heavy (non-hydrogen) atoms. The molecule has 0 aromatic carbocycles. The SMILES string of the molecule is CN1CCCC1CCS(=O)(=O)Cl. The molecule has 1 heterocycles. The Balaban J connectivity index is 2.32. The van der Waals surface area contributed by atoms with Crippen molar-refractivity contribution in [3.63, 3.8) is 0 Å². The molecule has 0 radical (unpaired) electrons. The summed E-state index contributed by atoms with van der Waals surface area (Å²) in [6.45, 7) is 1.08. The van der Waals surface area contributed by atoms with Crippen molar-refractivity contribution in [1.29, 1.82) is 0 Å². The second-order valence-electron chi connectivity index (χ2n) is 3.31. The van der Waals surface area contributed by atoms with Crippen LogP contribution in [-0.2, 0) is 9.05 Å². The molecule has 0 aromatic heterocycles. The van der Waals surface area contributed by atoms with Gasteiger partial charge in [0.1, 0.15) is 0 Å². The van der Waals surface area contributed by atoms with Crippen LogP contribution in [0.4, 0.5) is 0 Å². The average Bonchev–Trinajstić information content (AvgIpc) is 2.29. The predicted octanol–water partition coefficient (Wildman–Crippen LogP) is 1.04. The molecular weight excluding hydrogens is 198 g/mol. The molecule has 1 unspecified atom stereocenters. The lowest BCUT2D eigenvalue weighted by Gasteiger charge is -2.17. The molecule has 0 N–H and O–H groups in total. The number of hydrogen-bond donors (Lipinski definition) is 0. The number of rotatable bonds is 3. The van der Waals surface area contributed by atoms with E-state index in [2.05, 4.69) is 4.90 Å². The fourth-order valence-corrected chi connectivity index (χ4v) is 2.44. The van der Waals surface area contributed by atoms with E-state index < -0.39 is 9.05 Å². The highest BCUT2D eigenvalue weighted by Gasteiger charge is 2.22. The second kappa shape index (κ2) is 3.94. The molecule has 1 saturated heterocycles. The van der Waals surface area contributed by atoms with Gasteiger partial charge in [0, 0.05) is 16.7 Å². The van der Waals surface area contributed by atoms with E-state index in [1.165, 1.54) is 6.42 Å². The normalized spacial score (nSPS) is 26.3. The molecule has 0 saturated carbocycles. The fraction of sp³-hybridized carbons (Fsp3) is 1.00. The Bertz CT molecular complexity index is 240. The van der Waals surface area contributed by atoms with Crippen LogP contribution in [-0.4, -0.2) is 38.7 Å². The number of likely N-dealkylation sites (tertiary alicyclic amines) is 1. The third-order valence-corrected chi connectivity index (χ3v) is 3.55. The van der Waals surface area contributed by atoms with Crippen molar-refractivity contribution in [3.8, 4) is 0 Å². The molecule has 0 aliphatic carbocycles. The zero-order valence-electron chi connectivity index (χ0n) is 7.16. The van der Waals surface area contributed by atoms with E-state index in [0.29, 0.717) is 12.5 Å². The highest BCUT2D eigenvalue weighted by Crippen LogP contribution is 2.18. The van der Waals surface area contributed by atoms with Crippen LogP contribution in [0.15, 0.2) is 0 Å². The Kier molecular flexibility index (Phi) is 3.37. The first-order valence-corrected chi connectivity index (χ1v) is 6.59. The minimum absolute atomic E-state index is 0.101. The zero-order valence-corrected chi connectivity index (χ0v) is 8.74. The van der Waals surface area contributed by atoms with Gasteiger partial charge in [0.15, 0.2) is 0 Å². The summed E-state index contributed by atoms with van der Waals surface area (Å²) in [7, 11) is 3.85. The minimum atomic E-state index is -3.29. The molecular formula is C7H14ClNO2S. The largest absolute Gasteiger partial charge is 0.303 e. The first-order valence-electron chi connectivity index (χ1n) is 4.11. The molecule has 72 valence electrons. The maximum Gasteiger partial charge on any atom is 0.232 e. The van der Waals surface area contributed by atoms with Crippen LogP contribution in [0.5, 0.6) is 0 Å². The summed E-state index contributed by atoms with van der Waals surface area (Å²) in [6.07, 6.45) is 2.94. The molecule has 1 fully saturated rings. The Morgan fingerprint density at radius 2 is 2.25 bits per heavy atom. The Labute approximate surface area is 78.1 Å². The topological polar surface area (TPSA) is 37.4 Å². The van der Waals surface area contributed by atoms with Crippen LogP contribution in [0.1, 0.15) is 19.3 Å². The van der Waals surface area contributed by atoms with E-state index in [9.17, 15) is 8.42 Å². The van der Waals surface area contributed by atoms with E-state index in [1.807, 2.05) is 7.05 Å². The molecule has 0 amide bonds. The van der Waals surface area contributed by atoms with Gasteiger partial charge in [0.2, 0.25) is 9.05 Å². The van der Waals surface area contributed by atoms with Crippen molar-refractivity contribution in [2.45, 2.75) is 25.3 Å². The lowest BCUT2D eigenvalue weighted by atomic mass is 10.2. The van der Waals surface area contributed by atoms with E-state index >= 15 is 0 Å². The van der Waals surface area contributed by atoms with Gasteiger partial charge in [0.05, 0.1) is 5.75 Å². The summed E-state index contributed by atoms with van der Waals surface area (Å²) >= 11 is 0. The second-order valence-corrected chi connectivity index (χ2v) is 6.20. The van der Waals surface area contributed by atoms with Crippen molar-refractivity contribution in [2.75, 3.05) is 19.3 Å². The summed E-state index contributed by atoms with van der Waals surface area (Å²) in [4.78, 5) is 2.20. The van der Waals surface area contributed by atoms with Crippen LogP contribution in [0.3, 0.4) is 0 Å². The summed E-state index contributed by atoms with van der Waals surface area (Å²) < 4.78 is 21.3. The van der Waals surface area contributed by atoms with Crippen LogP contribution in [0.25, 0.3) is 0 Å². The van der Waals surface area contributed by atoms with Crippen LogP contribution in [0, 0.1) is 0 Å². The highest BCUT2D eigenvalue weighted by atomic mass is 35.7. The lowest BCUT2D eigenvalue weighted by Crippen LogP contribution is -2.26. The van der Waals surface area contributed by atoms with Crippen molar-refractivity contribution >= 4 is 19.7 Å². The van der Waals surface area contributed by atoms with Gasteiger partial charge in [-0.05, 0) is 32.9 Å². The van der Waals surface area contributed by atoms with Gasteiger partial charge in [-0.1, -0.05) is 0 Å². The first-order chi connectivity index (χ1) is 5.49. The number of nitrogens with zero attached hydrogens (tertiary/aromatic N) is 1. The van der Waals surface area contributed by atoms with Crippen molar-refractivity contribution < 1.29 is 8.42 Å². The molecule has 5 heteroatoms. The molecule has 1 aliphatic rings. The molecule has 0 bridgehead atoms. The van der Waals surface area contributed by atoms with E-state index in [0.717, 1.165) is 13.0 Å². The van der Waals surface area contributed by atoms with Crippen LogP contribution < -0.4 is 0 Å². The first kappa shape index (κ1) is 10.3. The molecule has 1 aliphatic heterocycles.